The lowest BCUT2D eigenvalue weighted by atomic mass is 10.1. The van der Waals surface area contributed by atoms with Gasteiger partial charge in [-0.2, -0.15) is 4.99 Å². The summed E-state index contributed by atoms with van der Waals surface area (Å²) in [6.07, 6.45) is 1.39. The molecule has 1 amide bonds. The van der Waals surface area contributed by atoms with Crippen LogP contribution < -0.4 is 0 Å². The first-order chi connectivity index (χ1) is 7.41. The Hall–Kier alpha value is -1.23. The molecular formula is C11H12BrFN2O. The Kier molecular flexibility index (Phi) is 4.18. The first-order valence-electron chi connectivity index (χ1n) is 4.62. The van der Waals surface area contributed by atoms with E-state index in [-0.39, 0.29) is 5.56 Å². The molecule has 0 N–H and O–H groups in total. The van der Waals surface area contributed by atoms with Crippen LogP contribution in [0.3, 0.4) is 0 Å². The lowest BCUT2D eigenvalue weighted by Crippen LogP contribution is -2.10. The van der Waals surface area contributed by atoms with Gasteiger partial charge >= 0.3 is 0 Å². The van der Waals surface area contributed by atoms with Crippen LogP contribution in [0.15, 0.2) is 21.6 Å². The maximum absolute atomic E-state index is 13.3. The summed E-state index contributed by atoms with van der Waals surface area (Å²) in [4.78, 5) is 17.0. The molecule has 0 aliphatic heterocycles. The Balaban J connectivity index is 3.05. The van der Waals surface area contributed by atoms with E-state index in [1.54, 1.807) is 32.0 Å². The molecule has 5 heteroatoms. The third-order valence-corrected chi connectivity index (χ3v) is 2.51. The van der Waals surface area contributed by atoms with Crippen molar-refractivity contribution < 1.29 is 9.18 Å². The number of carbonyl (C=O) groups excluding carboxylic acids is 1. The van der Waals surface area contributed by atoms with Crippen LogP contribution in [-0.4, -0.2) is 31.2 Å². The third kappa shape index (κ3) is 3.13. The summed E-state index contributed by atoms with van der Waals surface area (Å²) in [6, 6.07) is 2.75. The maximum atomic E-state index is 13.3. The highest BCUT2D eigenvalue weighted by Crippen LogP contribution is 2.20. The van der Waals surface area contributed by atoms with Crippen LogP contribution in [0.4, 0.5) is 4.39 Å². The number of nitrogens with zero attached hydrogens (tertiary/aromatic N) is 2. The highest BCUT2D eigenvalue weighted by Gasteiger charge is 2.11. The Morgan fingerprint density at radius 3 is 2.69 bits per heavy atom. The number of aryl methyl sites for hydroxylation is 1. The number of rotatable bonds is 2. The molecule has 0 aliphatic rings. The molecule has 0 radical (unpaired) electrons. The second-order valence-electron chi connectivity index (χ2n) is 3.59. The summed E-state index contributed by atoms with van der Waals surface area (Å²) in [5, 5.41) is 0. The Bertz CT molecular complexity index is 444. The molecule has 0 bridgehead atoms. The fraction of sp³-hybridized carbons (Fsp3) is 0.273. The maximum Gasteiger partial charge on any atom is 0.278 e. The van der Waals surface area contributed by atoms with Crippen LogP contribution in [-0.2, 0) is 0 Å². The molecule has 0 aromatic heterocycles. The molecule has 0 saturated heterocycles. The van der Waals surface area contributed by atoms with E-state index in [4.69, 9.17) is 0 Å². The molecule has 16 heavy (non-hydrogen) atoms. The van der Waals surface area contributed by atoms with E-state index in [0.717, 1.165) is 0 Å². The third-order valence-electron chi connectivity index (χ3n) is 1.90. The van der Waals surface area contributed by atoms with Crippen molar-refractivity contribution in [1.29, 1.82) is 0 Å². The van der Waals surface area contributed by atoms with Gasteiger partial charge in [0.1, 0.15) is 5.82 Å². The predicted octanol–water partition coefficient (Wildman–Crippen LogP) is 2.63. The van der Waals surface area contributed by atoms with Gasteiger partial charge in [-0.3, -0.25) is 4.79 Å². The number of carbonyl (C=O) groups is 1. The molecule has 86 valence electrons. The van der Waals surface area contributed by atoms with E-state index in [1.165, 1.54) is 12.4 Å². The van der Waals surface area contributed by atoms with Crippen molar-refractivity contribution in [3.05, 3.63) is 33.5 Å². The van der Waals surface area contributed by atoms with E-state index >= 15 is 0 Å². The van der Waals surface area contributed by atoms with Gasteiger partial charge in [0, 0.05) is 19.7 Å². The number of amides is 1. The van der Waals surface area contributed by atoms with Gasteiger partial charge in [-0.05, 0) is 40.5 Å². The van der Waals surface area contributed by atoms with Crippen LogP contribution in [0.1, 0.15) is 15.9 Å². The number of benzene rings is 1. The Labute approximate surface area is 102 Å². The molecule has 1 aromatic carbocycles. The number of hydrogen-bond acceptors (Lipinski definition) is 1. The summed E-state index contributed by atoms with van der Waals surface area (Å²) in [6.45, 7) is 1.74. The highest BCUT2D eigenvalue weighted by molar-refractivity contribution is 9.10. The molecule has 0 spiro atoms. The summed E-state index contributed by atoms with van der Waals surface area (Å²) in [7, 11) is 3.51. The number of hydrogen-bond donors (Lipinski definition) is 0. The van der Waals surface area contributed by atoms with Gasteiger partial charge in [0.25, 0.3) is 5.91 Å². The molecule has 1 aromatic rings. The summed E-state index contributed by atoms with van der Waals surface area (Å²) < 4.78 is 13.6. The summed E-state index contributed by atoms with van der Waals surface area (Å²) in [5.41, 5.74) is 0.966. The zero-order chi connectivity index (χ0) is 12.3. The number of aliphatic imine (C=N–C) groups is 1. The zero-order valence-electron chi connectivity index (χ0n) is 9.29. The van der Waals surface area contributed by atoms with Crippen molar-refractivity contribution in [2.75, 3.05) is 14.1 Å². The molecule has 0 saturated carbocycles. The van der Waals surface area contributed by atoms with Crippen LogP contribution in [0.2, 0.25) is 0 Å². The van der Waals surface area contributed by atoms with Gasteiger partial charge < -0.3 is 4.90 Å². The lowest BCUT2D eigenvalue weighted by molar-refractivity contribution is 0.100. The van der Waals surface area contributed by atoms with E-state index in [9.17, 15) is 9.18 Å². The second-order valence-corrected chi connectivity index (χ2v) is 4.45. The summed E-state index contributed by atoms with van der Waals surface area (Å²) in [5.74, 6) is -0.911. The van der Waals surface area contributed by atoms with Crippen molar-refractivity contribution >= 4 is 28.2 Å². The van der Waals surface area contributed by atoms with Gasteiger partial charge in [0.05, 0.1) is 10.8 Å². The normalized spacial score (nSPS) is 10.8. The first kappa shape index (κ1) is 12.8. The summed E-state index contributed by atoms with van der Waals surface area (Å²) >= 11 is 3.06. The first-order valence-corrected chi connectivity index (χ1v) is 5.41. The van der Waals surface area contributed by atoms with E-state index in [0.29, 0.717) is 10.0 Å². The van der Waals surface area contributed by atoms with Crippen molar-refractivity contribution in [1.82, 2.24) is 4.90 Å². The smallest absolute Gasteiger partial charge is 0.278 e. The van der Waals surface area contributed by atoms with E-state index < -0.39 is 11.7 Å². The van der Waals surface area contributed by atoms with E-state index in [2.05, 4.69) is 20.9 Å². The monoisotopic (exact) mass is 286 g/mol. The average molecular weight is 287 g/mol. The minimum Gasteiger partial charge on any atom is -0.369 e. The van der Waals surface area contributed by atoms with Crippen molar-refractivity contribution in [2.24, 2.45) is 4.99 Å². The van der Waals surface area contributed by atoms with Crippen LogP contribution >= 0.6 is 15.9 Å². The molecule has 0 fully saturated rings. The van der Waals surface area contributed by atoms with Gasteiger partial charge in [-0.1, -0.05) is 0 Å². The van der Waals surface area contributed by atoms with Gasteiger partial charge in [0.15, 0.2) is 0 Å². The lowest BCUT2D eigenvalue weighted by Gasteiger charge is -2.05. The molecule has 0 heterocycles. The highest BCUT2D eigenvalue weighted by atomic mass is 79.9. The standard InChI is InChI=1S/C11H12BrFN2O/c1-7-4-9(12)10(13)5-8(7)11(16)14-6-15(2)3/h4-6H,1-3H3/b14-6+. The topological polar surface area (TPSA) is 32.7 Å². The molecule has 1 rings (SSSR count). The van der Waals surface area contributed by atoms with Crippen LogP contribution in [0.25, 0.3) is 0 Å². The fourth-order valence-electron chi connectivity index (χ4n) is 1.11. The van der Waals surface area contributed by atoms with Gasteiger partial charge in [0.2, 0.25) is 0 Å². The van der Waals surface area contributed by atoms with Crippen molar-refractivity contribution in [3.63, 3.8) is 0 Å². The van der Waals surface area contributed by atoms with Gasteiger partial charge in [-0.15, -0.1) is 0 Å². The molecule has 0 aliphatic carbocycles. The van der Waals surface area contributed by atoms with Crippen molar-refractivity contribution in [3.8, 4) is 0 Å². The zero-order valence-corrected chi connectivity index (χ0v) is 10.9. The van der Waals surface area contributed by atoms with Crippen molar-refractivity contribution in [2.45, 2.75) is 6.92 Å². The Morgan fingerprint density at radius 1 is 1.50 bits per heavy atom. The van der Waals surface area contributed by atoms with Gasteiger partial charge in [-0.25, -0.2) is 4.39 Å². The largest absolute Gasteiger partial charge is 0.369 e. The van der Waals surface area contributed by atoms with Crippen LogP contribution in [0.5, 0.6) is 0 Å². The predicted molar refractivity (Wildman–Crippen MR) is 65.3 cm³/mol. The fourth-order valence-corrected chi connectivity index (χ4v) is 1.57. The average Bonchev–Trinajstić information content (AvgIpc) is 2.20. The minimum atomic E-state index is -0.464. The molecule has 0 atom stereocenters. The van der Waals surface area contributed by atoms with Crippen LogP contribution in [0, 0.1) is 12.7 Å². The molecular weight excluding hydrogens is 275 g/mol. The SMILES string of the molecule is Cc1cc(Br)c(F)cc1C(=O)/N=C/N(C)C. The molecule has 3 nitrogen and oxygen atoms in total. The minimum absolute atomic E-state index is 0.277. The Morgan fingerprint density at radius 2 is 2.12 bits per heavy atom. The molecule has 0 unspecified atom stereocenters. The number of halogens is 2. The second kappa shape index (κ2) is 5.21. The quantitative estimate of drug-likeness (QED) is 0.618. The van der Waals surface area contributed by atoms with E-state index in [1.807, 2.05) is 0 Å².